The molecule has 292 valence electrons. The van der Waals surface area contributed by atoms with Crippen LogP contribution in [0.1, 0.15) is 25.0 Å². The zero-order valence-corrected chi connectivity index (χ0v) is 34.3. The Morgan fingerprint density at radius 2 is 0.984 bits per heavy atom. The summed E-state index contributed by atoms with van der Waals surface area (Å²) in [4.78, 5) is 12.1. The Bertz CT molecular complexity index is 3530. The van der Waals surface area contributed by atoms with Crippen molar-refractivity contribution >= 4 is 82.3 Å². The van der Waals surface area contributed by atoms with E-state index in [1.807, 2.05) is 24.7 Å². The summed E-state index contributed by atoms with van der Waals surface area (Å²) in [5.41, 5.74) is 14.5. The van der Waals surface area contributed by atoms with E-state index in [4.69, 9.17) is 4.98 Å². The van der Waals surface area contributed by atoms with Crippen molar-refractivity contribution in [3.05, 3.63) is 212 Å². The fourth-order valence-electron chi connectivity index (χ4n) is 10.6. The van der Waals surface area contributed by atoms with Crippen LogP contribution in [0.2, 0.25) is 0 Å². The van der Waals surface area contributed by atoms with Crippen LogP contribution in [0, 0.1) is 0 Å². The minimum Gasteiger partial charge on any atom is -0.310 e. The molecule has 5 nitrogen and oxygen atoms in total. The minimum absolute atomic E-state index is 0.324. The lowest BCUT2D eigenvalue weighted by atomic mass is 9.73. The Morgan fingerprint density at radius 3 is 1.74 bits per heavy atom. The zero-order valence-electron chi connectivity index (χ0n) is 34.3. The van der Waals surface area contributed by atoms with Crippen LogP contribution < -0.4 is 4.90 Å². The number of hydrogen-bond donors (Lipinski definition) is 0. The number of benzene rings is 8. The van der Waals surface area contributed by atoms with Crippen LogP contribution in [0.15, 0.2) is 201 Å². The number of para-hydroxylation sites is 2. The lowest BCUT2D eigenvalue weighted by Crippen LogP contribution is -2.31. The van der Waals surface area contributed by atoms with Gasteiger partial charge in [-0.3, -0.25) is 9.55 Å². The van der Waals surface area contributed by atoms with Gasteiger partial charge in [0.1, 0.15) is 5.65 Å². The average molecular weight is 794 g/mol. The predicted octanol–water partition coefficient (Wildman–Crippen LogP) is 14.8. The first-order valence-corrected chi connectivity index (χ1v) is 21.3. The minimum atomic E-state index is -0.324. The molecule has 0 atom stereocenters. The number of aromatic nitrogens is 4. The third-order valence-corrected chi connectivity index (χ3v) is 13.4. The Labute approximate surface area is 358 Å². The summed E-state index contributed by atoms with van der Waals surface area (Å²) in [5.74, 6) is 0. The second-order valence-corrected chi connectivity index (χ2v) is 17.1. The molecule has 0 fully saturated rings. The molecule has 0 N–H and O–H groups in total. The highest BCUT2D eigenvalue weighted by Crippen LogP contribution is 2.54. The molecule has 0 saturated heterocycles. The van der Waals surface area contributed by atoms with Gasteiger partial charge in [-0.1, -0.05) is 129 Å². The maximum Gasteiger partial charge on any atom is 0.145 e. The molecule has 0 bridgehead atoms. The van der Waals surface area contributed by atoms with E-state index in [0.29, 0.717) is 0 Å². The molecule has 13 rings (SSSR count). The molecule has 0 spiro atoms. The Kier molecular flexibility index (Phi) is 7.29. The molecule has 1 aliphatic rings. The highest BCUT2D eigenvalue weighted by molar-refractivity contribution is 6.11. The molecule has 0 radical (unpaired) electrons. The van der Waals surface area contributed by atoms with Gasteiger partial charge in [0, 0.05) is 56.4 Å². The first kappa shape index (κ1) is 34.8. The van der Waals surface area contributed by atoms with Gasteiger partial charge in [0.25, 0.3) is 0 Å². The molecule has 0 unspecified atom stereocenters. The molecular formula is C57H39N5. The second kappa shape index (κ2) is 13.0. The summed E-state index contributed by atoms with van der Waals surface area (Å²) in [5, 5.41) is 9.61. The van der Waals surface area contributed by atoms with Crippen molar-refractivity contribution in [2.24, 2.45) is 0 Å². The first-order chi connectivity index (χ1) is 30.5. The monoisotopic (exact) mass is 793 g/mol. The quantitative estimate of drug-likeness (QED) is 0.178. The zero-order chi connectivity index (χ0) is 41.1. The molecule has 0 saturated carbocycles. The van der Waals surface area contributed by atoms with E-state index in [2.05, 4.69) is 209 Å². The van der Waals surface area contributed by atoms with Crippen LogP contribution in [0.3, 0.4) is 0 Å². The van der Waals surface area contributed by atoms with Crippen molar-refractivity contribution in [3.8, 4) is 22.5 Å². The Morgan fingerprint density at radius 1 is 0.403 bits per heavy atom. The van der Waals surface area contributed by atoms with E-state index in [1.165, 1.54) is 60.0 Å². The van der Waals surface area contributed by atoms with Crippen LogP contribution in [-0.2, 0) is 5.41 Å². The summed E-state index contributed by atoms with van der Waals surface area (Å²) in [6.07, 6.45) is 5.79. The van der Waals surface area contributed by atoms with Gasteiger partial charge in [0.05, 0.1) is 34.1 Å². The molecule has 8 aromatic carbocycles. The van der Waals surface area contributed by atoms with Gasteiger partial charge in [0.2, 0.25) is 0 Å². The number of hydrogen-bond acceptors (Lipinski definition) is 3. The van der Waals surface area contributed by atoms with E-state index in [1.54, 1.807) is 0 Å². The topological polar surface area (TPSA) is 38.9 Å². The van der Waals surface area contributed by atoms with Gasteiger partial charge in [-0.15, -0.1) is 0 Å². The first-order valence-electron chi connectivity index (χ1n) is 21.3. The fraction of sp³-hybridized carbons (Fsp3) is 0.0526. The van der Waals surface area contributed by atoms with Crippen LogP contribution in [0.4, 0.5) is 17.1 Å². The Balaban J connectivity index is 1.13. The normalized spacial score (nSPS) is 13.4. The van der Waals surface area contributed by atoms with Crippen LogP contribution in [0.25, 0.3) is 87.8 Å². The third kappa shape index (κ3) is 4.90. The van der Waals surface area contributed by atoms with Crippen molar-refractivity contribution in [2.45, 2.75) is 19.3 Å². The highest BCUT2D eigenvalue weighted by Gasteiger charge is 2.38. The van der Waals surface area contributed by atoms with Crippen molar-refractivity contribution in [1.82, 2.24) is 19.1 Å². The summed E-state index contributed by atoms with van der Waals surface area (Å²) in [6, 6.07) is 66.8. The molecular weight excluding hydrogens is 755 g/mol. The van der Waals surface area contributed by atoms with E-state index < -0.39 is 0 Å². The van der Waals surface area contributed by atoms with Gasteiger partial charge in [-0.05, 0) is 111 Å². The van der Waals surface area contributed by atoms with Crippen molar-refractivity contribution in [2.75, 3.05) is 4.90 Å². The van der Waals surface area contributed by atoms with Crippen LogP contribution in [0.5, 0.6) is 0 Å². The Hall–Kier alpha value is -8.02. The summed E-state index contributed by atoms with van der Waals surface area (Å²) >= 11 is 0. The standard InChI is InChI=1S/C57H39N5/c1-57(2)49-26-24-38(60-51-22-9-7-18-44(51)46-28-30-58-35-55(46)60)33-53(49)61(40-31-37-14-4-6-17-42(37)48(32-40)43-20-11-15-36-13-3-5-16-41(36)43)54-34-39(25-27-50(54)57)62-52-23-10-8-19-45(52)47-21-12-29-59-56(47)62/h3-35H,1-2H3. The fourth-order valence-corrected chi connectivity index (χ4v) is 10.6. The van der Waals surface area contributed by atoms with Crippen molar-refractivity contribution in [3.63, 3.8) is 0 Å². The van der Waals surface area contributed by atoms with Gasteiger partial charge >= 0.3 is 0 Å². The van der Waals surface area contributed by atoms with Gasteiger partial charge < -0.3 is 9.47 Å². The van der Waals surface area contributed by atoms with Gasteiger partial charge in [-0.2, -0.15) is 0 Å². The van der Waals surface area contributed by atoms with Crippen molar-refractivity contribution in [1.29, 1.82) is 0 Å². The van der Waals surface area contributed by atoms with Crippen molar-refractivity contribution < 1.29 is 0 Å². The molecule has 4 aromatic heterocycles. The second-order valence-electron chi connectivity index (χ2n) is 17.1. The molecule has 12 aromatic rings. The number of fused-ring (bicyclic) bond motifs is 10. The molecule has 5 heteroatoms. The number of rotatable bonds is 4. The summed E-state index contributed by atoms with van der Waals surface area (Å²) < 4.78 is 4.70. The molecule has 0 amide bonds. The van der Waals surface area contributed by atoms with Gasteiger partial charge in [-0.25, -0.2) is 4.98 Å². The summed E-state index contributed by atoms with van der Waals surface area (Å²) in [7, 11) is 0. The van der Waals surface area contributed by atoms with Gasteiger partial charge in [0.15, 0.2) is 0 Å². The van der Waals surface area contributed by atoms with Crippen LogP contribution in [-0.4, -0.2) is 19.1 Å². The van der Waals surface area contributed by atoms with E-state index >= 15 is 0 Å². The molecule has 1 aliphatic heterocycles. The molecule has 0 aliphatic carbocycles. The van der Waals surface area contributed by atoms with E-state index in [0.717, 1.165) is 56.0 Å². The highest BCUT2D eigenvalue weighted by atomic mass is 15.2. The van der Waals surface area contributed by atoms with E-state index in [9.17, 15) is 0 Å². The maximum absolute atomic E-state index is 4.98. The molecule has 5 heterocycles. The van der Waals surface area contributed by atoms with E-state index in [-0.39, 0.29) is 5.41 Å². The lowest BCUT2D eigenvalue weighted by Gasteiger charge is -2.42. The maximum atomic E-state index is 4.98. The molecule has 62 heavy (non-hydrogen) atoms. The number of anilines is 3. The lowest BCUT2D eigenvalue weighted by molar-refractivity contribution is 0.631. The smallest absolute Gasteiger partial charge is 0.145 e. The predicted molar refractivity (Wildman–Crippen MR) is 258 cm³/mol. The summed E-state index contributed by atoms with van der Waals surface area (Å²) in [6.45, 7) is 4.74. The number of pyridine rings is 2. The third-order valence-electron chi connectivity index (χ3n) is 13.4. The average Bonchev–Trinajstić information content (AvgIpc) is 3.84. The number of nitrogens with zero attached hydrogens (tertiary/aromatic N) is 5. The SMILES string of the molecule is CC1(C)c2ccc(-n3c4ccccc4c4ccncc43)cc2N(c2cc(-c3cccc4ccccc34)c3ccccc3c2)c2cc(-n3c4ccccc4c4cccnc43)ccc21. The largest absolute Gasteiger partial charge is 0.310 e. The van der Waals surface area contributed by atoms with Crippen LogP contribution >= 0.6 is 0 Å².